The molecule has 0 bridgehead atoms. The second-order valence-electron chi connectivity index (χ2n) is 5.26. The lowest BCUT2D eigenvalue weighted by Crippen LogP contribution is -2.53. The first-order valence-corrected chi connectivity index (χ1v) is 6.06. The second-order valence-corrected chi connectivity index (χ2v) is 5.26. The Morgan fingerprint density at radius 2 is 2.24 bits per heavy atom. The van der Waals surface area contributed by atoms with Crippen molar-refractivity contribution in [2.45, 2.75) is 31.4 Å². The van der Waals surface area contributed by atoms with Crippen LogP contribution in [0.5, 0.6) is 0 Å². The van der Waals surface area contributed by atoms with Crippen LogP contribution in [-0.2, 0) is 9.53 Å². The smallest absolute Gasteiger partial charge is 0.338 e. The summed E-state index contributed by atoms with van der Waals surface area (Å²) in [5, 5.41) is 10.0. The number of aliphatic hydroxyl groups is 1. The Hall–Kier alpha value is -0.650. The van der Waals surface area contributed by atoms with Crippen molar-refractivity contribution in [3.05, 3.63) is 0 Å². The van der Waals surface area contributed by atoms with E-state index in [9.17, 15) is 9.90 Å². The fourth-order valence-electron chi connectivity index (χ4n) is 2.32. The van der Waals surface area contributed by atoms with E-state index in [1.165, 1.54) is 20.5 Å². The van der Waals surface area contributed by atoms with Gasteiger partial charge in [0.05, 0.1) is 7.11 Å². The number of likely N-dealkylation sites (tertiary alicyclic amines) is 1. The number of hydrogen-bond donors (Lipinski definition) is 1. The lowest BCUT2D eigenvalue weighted by molar-refractivity contribution is -0.162. The fraction of sp³-hybridized carbons (Fsp3) is 0.917. The largest absolute Gasteiger partial charge is 0.467 e. The summed E-state index contributed by atoms with van der Waals surface area (Å²) in [5.41, 5.74) is -1.41. The summed E-state index contributed by atoms with van der Waals surface area (Å²) in [5.74, 6) is -0.565. The predicted molar refractivity (Wildman–Crippen MR) is 65.8 cm³/mol. The number of nitrogens with zero attached hydrogens (tertiary/aromatic N) is 2. The monoisotopic (exact) mass is 244 g/mol. The summed E-state index contributed by atoms with van der Waals surface area (Å²) < 4.78 is 4.60. The molecule has 0 aromatic carbocycles. The van der Waals surface area contributed by atoms with Crippen LogP contribution in [0.1, 0.15) is 19.8 Å². The predicted octanol–water partition coefficient (Wildman–Crippen LogP) is -0.0636. The van der Waals surface area contributed by atoms with E-state index in [0.717, 1.165) is 19.5 Å². The van der Waals surface area contributed by atoms with Crippen LogP contribution in [0, 0.1) is 0 Å². The molecule has 100 valence electrons. The number of piperidine rings is 1. The molecule has 1 saturated heterocycles. The minimum Gasteiger partial charge on any atom is -0.467 e. The Kier molecular flexibility index (Phi) is 4.91. The Bertz CT molecular complexity index is 266. The maximum atomic E-state index is 11.4. The third-order valence-electron chi connectivity index (χ3n) is 3.37. The quantitative estimate of drug-likeness (QED) is 0.702. The van der Waals surface area contributed by atoms with E-state index in [1.807, 2.05) is 0 Å². The van der Waals surface area contributed by atoms with Crippen LogP contribution < -0.4 is 0 Å². The Labute approximate surface area is 103 Å². The molecule has 0 amide bonds. The van der Waals surface area contributed by atoms with E-state index in [1.54, 1.807) is 0 Å². The van der Waals surface area contributed by atoms with Gasteiger partial charge in [-0.3, -0.25) is 4.90 Å². The van der Waals surface area contributed by atoms with Crippen molar-refractivity contribution in [3.8, 4) is 0 Å². The SMILES string of the molecule is COC(=O)C(C)(O)CN1CCCC(N(C)C)C1. The molecule has 1 aliphatic rings. The zero-order chi connectivity index (χ0) is 13.1. The van der Waals surface area contributed by atoms with Crippen molar-refractivity contribution >= 4 is 5.97 Å². The van der Waals surface area contributed by atoms with E-state index in [2.05, 4.69) is 28.6 Å². The van der Waals surface area contributed by atoms with E-state index in [0.29, 0.717) is 12.6 Å². The highest BCUT2D eigenvalue weighted by Gasteiger charge is 2.35. The van der Waals surface area contributed by atoms with Gasteiger partial charge in [0.15, 0.2) is 5.60 Å². The Morgan fingerprint density at radius 3 is 2.76 bits per heavy atom. The molecular formula is C12H24N2O3. The third-order valence-corrected chi connectivity index (χ3v) is 3.37. The van der Waals surface area contributed by atoms with Crippen LogP contribution in [0.2, 0.25) is 0 Å². The van der Waals surface area contributed by atoms with Crippen molar-refractivity contribution in [1.29, 1.82) is 0 Å². The van der Waals surface area contributed by atoms with Crippen LogP contribution in [0.4, 0.5) is 0 Å². The number of hydrogen-bond acceptors (Lipinski definition) is 5. The van der Waals surface area contributed by atoms with E-state index in [-0.39, 0.29) is 0 Å². The molecule has 0 radical (unpaired) electrons. The minimum atomic E-state index is -1.41. The minimum absolute atomic E-state index is 0.337. The molecule has 1 aliphatic heterocycles. The van der Waals surface area contributed by atoms with Gasteiger partial charge in [-0.15, -0.1) is 0 Å². The van der Waals surface area contributed by atoms with Gasteiger partial charge in [-0.25, -0.2) is 4.79 Å². The topological polar surface area (TPSA) is 53.0 Å². The molecule has 1 rings (SSSR count). The van der Waals surface area contributed by atoms with Gasteiger partial charge in [0.25, 0.3) is 0 Å². The molecule has 1 heterocycles. The van der Waals surface area contributed by atoms with Gasteiger partial charge in [-0.1, -0.05) is 0 Å². The number of rotatable bonds is 4. The van der Waals surface area contributed by atoms with Gasteiger partial charge >= 0.3 is 5.97 Å². The summed E-state index contributed by atoms with van der Waals surface area (Å²) in [4.78, 5) is 15.7. The van der Waals surface area contributed by atoms with E-state index < -0.39 is 11.6 Å². The number of esters is 1. The zero-order valence-corrected chi connectivity index (χ0v) is 11.3. The van der Waals surface area contributed by atoms with Gasteiger partial charge in [0.2, 0.25) is 0 Å². The van der Waals surface area contributed by atoms with Crippen molar-refractivity contribution in [1.82, 2.24) is 9.80 Å². The van der Waals surface area contributed by atoms with Crippen LogP contribution in [-0.4, -0.2) is 73.4 Å². The number of carbonyl (C=O) groups is 1. The Balaban J connectivity index is 2.54. The van der Waals surface area contributed by atoms with E-state index in [4.69, 9.17) is 0 Å². The lowest BCUT2D eigenvalue weighted by Gasteiger charge is -2.38. The number of methoxy groups -OCH3 is 1. The van der Waals surface area contributed by atoms with Crippen LogP contribution >= 0.6 is 0 Å². The Morgan fingerprint density at radius 1 is 1.59 bits per heavy atom. The van der Waals surface area contributed by atoms with Gasteiger partial charge in [0.1, 0.15) is 0 Å². The molecule has 0 saturated carbocycles. The first-order valence-electron chi connectivity index (χ1n) is 6.06. The lowest BCUT2D eigenvalue weighted by atomic mass is 10.0. The van der Waals surface area contributed by atoms with Gasteiger partial charge in [-0.05, 0) is 40.4 Å². The fourth-order valence-corrected chi connectivity index (χ4v) is 2.32. The highest BCUT2D eigenvalue weighted by atomic mass is 16.5. The summed E-state index contributed by atoms with van der Waals surface area (Å²) in [6, 6.07) is 0.497. The van der Waals surface area contributed by atoms with Crippen molar-refractivity contribution in [2.75, 3.05) is 40.8 Å². The maximum Gasteiger partial charge on any atom is 0.338 e. The van der Waals surface area contributed by atoms with Gasteiger partial charge < -0.3 is 14.7 Å². The number of likely N-dealkylation sites (N-methyl/N-ethyl adjacent to an activating group) is 1. The summed E-state index contributed by atoms with van der Waals surface area (Å²) >= 11 is 0. The summed E-state index contributed by atoms with van der Waals surface area (Å²) in [7, 11) is 5.43. The molecule has 17 heavy (non-hydrogen) atoms. The number of ether oxygens (including phenoxy) is 1. The molecule has 0 aromatic rings. The third kappa shape index (κ3) is 3.94. The van der Waals surface area contributed by atoms with Crippen LogP contribution in [0.15, 0.2) is 0 Å². The normalized spacial score (nSPS) is 25.6. The molecule has 0 spiro atoms. The molecule has 1 N–H and O–H groups in total. The average molecular weight is 244 g/mol. The first-order chi connectivity index (χ1) is 7.86. The molecule has 5 nitrogen and oxygen atoms in total. The first kappa shape index (κ1) is 14.4. The molecule has 1 fully saturated rings. The standard InChI is InChI=1S/C12H24N2O3/c1-12(16,11(15)17-4)9-14-7-5-6-10(8-14)13(2)3/h10,16H,5-9H2,1-4H3. The van der Waals surface area contributed by atoms with Crippen molar-refractivity contribution in [3.63, 3.8) is 0 Å². The maximum absolute atomic E-state index is 11.4. The van der Waals surface area contributed by atoms with Crippen LogP contribution in [0.3, 0.4) is 0 Å². The zero-order valence-electron chi connectivity index (χ0n) is 11.3. The van der Waals surface area contributed by atoms with E-state index >= 15 is 0 Å². The molecule has 0 aromatic heterocycles. The molecule has 0 aliphatic carbocycles. The van der Waals surface area contributed by atoms with Gasteiger partial charge in [0, 0.05) is 19.1 Å². The highest BCUT2D eigenvalue weighted by molar-refractivity contribution is 5.78. The number of carbonyl (C=O) groups excluding carboxylic acids is 1. The van der Waals surface area contributed by atoms with Crippen LogP contribution in [0.25, 0.3) is 0 Å². The average Bonchev–Trinajstić information content (AvgIpc) is 2.27. The molecular weight excluding hydrogens is 220 g/mol. The molecule has 2 unspecified atom stereocenters. The second kappa shape index (κ2) is 5.80. The number of β-amino-alcohol motifs (C(OH)–C–C–N with tert-alkyl or cyclic N) is 1. The summed E-state index contributed by atoms with van der Waals surface area (Å²) in [6.45, 7) is 3.67. The highest BCUT2D eigenvalue weighted by Crippen LogP contribution is 2.17. The van der Waals surface area contributed by atoms with Crippen molar-refractivity contribution < 1.29 is 14.6 Å². The van der Waals surface area contributed by atoms with Crippen molar-refractivity contribution in [2.24, 2.45) is 0 Å². The molecule has 2 atom stereocenters. The summed E-state index contributed by atoms with van der Waals surface area (Å²) in [6.07, 6.45) is 2.27. The molecule has 5 heteroatoms. The van der Waals surface area contributed by atoms with Gasteiger partial charge in [-0.2, -0.15) is 0 Å².